The molecule has 1 aliphatic heterocycles. The second kappa shape index (κ2) is 7.64. The van der Waals surface area contributed by atoms with E-state index in [1.807, 2.05) is 4.72 Å². The van der Waals surface area contributed by atoms with Gasteiger partial charge in [0, 0.05) is 18.7 Å². The minimum absolute atomic E-state index is 0.223. The van der Waals surface area contributed by atoms with Crippen LogP contribution in [-0.4, -0.2) is 32.3 Å². The van der Waals surface area contributed by atoms with Crippen molar-refractivity contribution in [2.75, 3.05) is 17.8 Å². The fourth-order valence-corrected chi connectivity index (χ4v) is 4.26. The van der Waals surface area contributed by atoms with Crippen LogP contribution in [-0.2, 0) is 10.0 Å². The summed E-state index contributed by atoms with van der Waals surface area (Å²) in [6.07, 6.45) is 1.95. The van der Waals surface area contributed by atoms with Gasteiger partial charge in [-0.1, -0.05) is 19.1 Å². The first kappa shape index (κ1) is 19.3. The number of carbonyl (C=O) groups is 1. The van der Waals surface area contributed by atoms with Crippen LogP contribution in [0.5, 0.6) is 0 Å². The summed E-state index contributed by atoms with van der Waals surface area (Å²) in [5.74, 6) is -1.91. The van der Waals surface area contributed by atoms with Gasteiger partial charge in [0.15, 0.2) is 0 Å². The minimum Gasteiger partial charge on any atom is -0.338 e. The van der Waals surface area contributed by atoms with Gasteiger partial charge in [-0.2, -0.15) is 0 Å². The number of hydrogen-bond acceptors (Lipinski definition) is 3. The molecule has 0 bridgehead atoms. The molecular formula is C19H20F2N2O3S. The van der Waals surface area contributed by atoms with Crippen LogP contribution in [0.3, 0.4) is 0 Å². The normalized spacial score (nSPS) is 17.6. The van der Waals surface area contributed by atoms with Crippen molar-refractivity contribution in [3.8, 4) is 0 Å². The molecule has 1 unspecified atom stereocenters. The van der Waals surface area contributed by atoms with Gasteiger partial charge in [0.2, 0.25) is 0 Å². The molecule has 0 saturated carbocycles. The van der Waals surface area contributed by atoms with Crippen LogP contribution in [0.25, 0.3) is 0 Å². The topological polar surface area (TPSA) is 66.5 Å². The molecule has 1 N–H and O–H groups in total. The average Bonchev–Trinajstić information content (AvgIpc) is 2.64. The molecule has 0 aromatic heterocycles. The number of carbonyl (C=O) groups excluding carboxylic acids is 1. The predicted molar refractivity (Wildman–Crippen MR) is 97.9 cm³/mol. The lowest BCUT2D eigenvalue weighted by molar-refractivity contribution is 0.0683. The largest absolute Gasteiger partial charge is 0.338 e. The zero-order valence-corrected chi connectivity index (χ0v) is 15.6. The third-order valence-electron chi connectivity index (χ3n) is 4.53. The number of piperidine rings is 1. The first-order valence-electron chi connectivity index (χ1n) is 8.64. The SMILES string of the molecule is CC1CCCN(C(=O)c2cccc(S(=O)(=O)Nc3c(F)cccc3F)c2)C1. The molecule has 1 atom stereocenters. The van der Waals surface area contributed by atoms with E-state index in [1.165, 1.54) is 24.3 Å². The maximum atomic E-state index is 13.8. The Balaban J connectivity index is 1.87. The summed E-state index contributed by atoms with van der Waals surface area (Å²) in [4.78, 5) is 14.1. The molecule has 2 aromatic rings. The van der Waals surface area contributed by atoms with Gasteiger partial charge in [0.05, 0.1) is 4.90 Å². The maximum Gasteiger partial charge on any atom is 0.262 e. The second-order valence-electron chi connectivity index (χ2n) is 6.73. The van der Waals surface area contributed by atoms with Crippen molar-refractivity contribution in [1.29, 1.82) is 0 Å². The standard InChI is InChI=1S/C19H20F2N2O3S/c1-13-5-4-10-23(12-13)19(24)14-6-2-7-15(11-14)27(25,26)22-18-16(20)8-3-9-17(18)21/h2-3,6-9,11,13,22H,4-5,10,12H2,1H3. The van der Waals surface area contributed by atoms with Crippen molar-refractivity contribution in [1.82, 2.24) is 4.90 Å². The van der Waals surface area contributed by atoms with Crippen LogP contribution >= 0.6 is 0 Å². The number of nitrogens with one attached hydrogen (secondary N) is 1. The summed E-state index contributed by atoms with van der Waals surface area (Å²) in [5.41, 5.74) is -0.528. The van der Waals surface area contributed by atoms with Crippen LogP contribution in [0, 0.1) is 17.6 Å². The van der Waals surface area contributed by atoms with E-state index in [-0.39, 0.29) is 16.4 Å². The van der Waals surface area contributed by atoms with Crippen molar-refractivity contribution in [3.05, 3.63) is 59.7 Å². The number of para-hydroxylation sites is 1. The number of hydrogen-bond donors (Lipinski definition) is 1. The Bertz CT molecular complexity index is 943. The summed E-state index contributed by atoms with van der Waals surface area (Å²) in [6.45, 7) is 3.31. The molecule has 0 aliphatic carbocycles. The zero-order chi connectivity index (χ0) is 19.6. The summed E-state index contributed by atoms with van der Waals surface area (Å²) >= 11 is 0. The van der Waals surface area contributed by atoms with E-state index in [2.05, 4.69) is 6.92 Å². The summed E-state index contributed by atoms with van der Waals surface area (Å²) in [6, 6.07) is 8.52. The highest BCUT2D eigenvalue weighted by molar-refractivity contribution is 7.92. The maximum absolute atomic E-state index is 13.8. The van der Waals surface area contributed by atoms with Crippen LogP contribution in [0.1, 0.15) is 30.1 Å². The van der Waals surface area contributed by atoms with Crippen LogP contribution in [0.2, 0.25) is 0 Å². The smallest absolute Gasteiger partial charge is 0.262 e. The Morgan fingerprint density at radius 1 is 1.15 bits per heavy atom. The summed E-state index contributed by atoms with van der Waals surface area (Å²) in [5, 5.41) is 0. The second-order valence-corrected chi connectivity index (χ2v) is 8.41. The van der Waals surface area contributed by atoms with Crippen molar-refractivity contribution >= 4 is 21.6 Å². The third kappa shape index (κ3) is 4.27. The lowest BCUT2D eigenvalue weighted by Gasteiger charge is -2.31. The number of halogens is 2. The lowest BCUT2D eigenvalue weighted by Crippen LogP contribution is -2.39. The number of sulfonamides is 1. The van der Waals surface area contributed by atoms with E-state index in [9.17, 15) is 22.0 Å². The Kier molecular flexibility index (Phi) is 5.46. The van der Waals surface area contributed by atoms with Gasteiger partial charge in [-0.3, -0.25) is 9.52 Å². The molecule has 27 heavy (non-hydrogen) atoms. The van der Waals surface area contributed by atoms with Crippen molar-refractivity contribution in [2.24, 2.45) is 5.92 Å². The van der Waals surface area contributed by atoms with E-state index < -0.39 is 27.3 Å². The van der Waals surface area contributed by atoms with Crippen LogP contribution in [0.15, 0.2) is 47.4 Å². The quantitative estimate of drug-likeness (QED) is 0.861. The van der Waals surface area contributed by atoms with Gasteiger partial charge >= 0.3 is 0 Å². The molecule has 1 amide bonds. The average molecular weight is 394 g/mol. The number of rotatable bonds is 4. The Morgan fingerprint density at radius 2 is 1.81 bits per heavy atom. The van der Waals surface area contributed by atoms with Crippen molar-refractivity contribution in [2.45, 2.75) is 24.7 Å². The van der Waals surface area contributed by atoms with E-state index in [0.29, 0.717) is 19.0 Å². The van der Waals surface area contributed by atoms with Crippen molar-refractivity contribution in [3.63, 3.8) is 0 Å². The molecule has 1 aliphatic rings. The lowest BCUT2D eigenvalue weighted by atomic mass is 9.99. The number of amides is 1. The summed E-state index contributed by atoms with van der Waals surface area (Å²) in [7, 11) is -4.26. The Hall–Kier alpha value is -2.48. The monoisotopic (exact) mass is 394 g/mol. The highest BCUT2D eigenvalue weighted by atomic mass is 32.2. The fraction of sp³-hybridized carbons (Fsp3) is 0.316. The Labute approximate surface area is 157 Å². The van der Waals surface area contributed by atoms with Gasteiger partial charge in [-0.15, -0.1) is 0 Å². The molecule has 1 fully saturated rings. The molecule has 3 rings (SSSR count). The highest BCUT2D eigenvalue weighted by Crippen LogP contribution is 2.24. The minimum atomic E-state index is -4.26. The number of nitrogens with zero attached hydrogens (tertiary/aromatic N) is 1. The molecule has 5 nitrogen and oxygen atoms in total. The first-order valence-corrected chi connectivity index (χ1v) is 10.1. The number of anilines is 1. The van der Waals surface area contributed by atoms with Crippen LogP contribution in [0.4, 0.5) is 14.5 Å². The molecule has 0 spiro atoms. The van der Waals surface area contributed by atoms with E-state index >= 15 is 0 Å². The van der Waals surface area contributed by atoms with Gasteiger partial charge in [-0.25, -0.2) is 17.2 Å². The van der Waals surface area contributed by atoms with Gasteiger partial charge in [-0.05, 0) is 49.1 Å². The van der Waals surface area contributed by atoms with Gasteiger partial charge in [0.25, 0.3) is 15.9 Å². The molecular weight excluding hydrogens is 374 g/mol. The molecule has 1 heterocycles. The first-order chi connectivity index (χ1) is 12.8. The highest BCUT2D eigenvalue weighted by Gasteiger charge is 2.24. The predicted octanol–water partition coefficient (Wildman–Crippen LogP) is 3.64. The van der Waals surface area contributed by atoms with Gasteiger partial charge in [0.1, 0.15) is 17.3 Å². The molecule has 8 heteroatoms. The zero-order valence-electron chi connectivity index (χ0n) is 14.8. The number of benzene rings is 2. The van der Waals surface area contributed by atoms with Gasteiger partial charge < -0.3 is 4.90 Å². The molecule has 144 valence electrons. The third-order valence-corrected chi connectivity index (χ3v) is 5.88. The van der Waals surface area contributed by atoms with Crippen LogP contribution < -0.4 is 4.72 Å². The fourth-order valence-electron chi connectivity index (χ4n) is 3.14. The molecule has 1 saturated heterocycles. The Morgan fingerprint density at radius 3 is 2.48 bits per heavy atom. The number of likely N-dealkylation sites (tertiary alicyclic amines) is 1. The van der Waals surface area contributed by atoms with E-state index in [1.54, 1.807) is 4.90 Å². The summed E-state index contributed by atoms with van der Waals surface area (Å²) < 4.78 is 54.5. The van der Waals surface area contributed by atoms with Crippen molar-refractivity contribution < 1.29 is 22.0 Å². The molecule has 0 radical (unpaired) electrons. The van der Waals surface area contributed by atoms with E-state index in [0.717, 1.165) is 31.0 Å². The van der Waals surface area contributed by atoms with E-state index in [4.69, 9.17) is 0 Å². The molecule has 2 aromatic carbocycles.